The third-order valence-corrected chi connectivity index (χ3v) is 3.28. The highest BCUT2D eigenvalue weighted by atomic mass is 35.5. The van der Waals surface area contributed by atoms with Gasteiger partial charge in [0.1, 0.15) is 5.75 Å². The summed E-state index contributed by atoms with van der Waals surface area (Å²) in [5.41, 5.74) is 18.2. The Morgan fingerprint density at radius 1 is 1.04 bits per heavy atom. The molecule has 9 nitrogen and oxygen atoms in total. The van der Waals surface area contributed by atoms with Crippen LogP contribution >= 0.6 is 24.8 Å². The van der Waals surface area contributed by atoms with E-state index in [2.05, 4.69) is 20.4 Å². The van der Waals surface area contributed by atoms with Crippen LogP contribution in [-0.4, -0.2) is 22.7 Å². The van der Waals surface area contributed by atoms with Gasteiger partial charge < -0.3 is 22.3 Å². The summed E-state index contributed by atoms with van der Waals surface area (Å²) in [6.45, 7) is 3.50. The number of benzene rings is 2. The van der Waals surface area contributed by atoms with Crippen LogP contribution in [0.25, 0.3) is 10.8 Å². The number of azo groups is 1. The molecule has 0 aliphatic heterocycles. The number of phenolic OH excluding ortho intramolecular Hbond substituents is 1. The average Bonchev–Trinajstić information content (AvgIpc) is 2.54. The zero-order valence-electron chi connectivity index (χ0n) is 14.1. The van der Waals surface area contributed by atoms with Gasteiger partial charge in [0.2, 0.25) is 11.9 Å². The van der Waals surface area contributed by atoms with Gasteiger partial charge in [-0.1, -0.05) is 6.07 Å². The predicted molar refractivity (Wildman–Crippen MR) is 109 cm³/mol. The first-order valence-corrected chi connectivity index (χ1v) is 6.95. The van der Waals surface area contributed by atoms with Crippen LogP contribution in [0, 0.1) is 12.3 Å². The number of phenols is 1. The Bertz CT molecular complexity index is 904. The highest BCUT2D eigenvalue weighted by Crippen LogP contribution is 2.36. The summed E-state index contributed by atoms with van der Waals surface area (Å²) >= 11 is 0. The third-order valence-electron chi connectivity index (χ3n) is 3.28. The van der Waals surface area contributed by atoms with E-state index >= 15 is 0 Å². The summed E-state index contributed by atoms with van der Waals surface area (Å²) in [5, 5.41) is 33.7. The fraction of sp³-hybridized carbons (Fsp3) is 0.133. The Kier molecular flexibility index (Phi) is 8.47. The Labute approximate surface area is 162 Å². The van der Waals surface area contributed by atoms with Crippen LogP contribution in [0.3, 0.4) is 0 Å². The zero-order valence-corrected chi connectivity index (χ0v) is 15.7. The molecule has 0 unspecified atom stereocenters. The van der Waals surface area contributed by atoms with Crippen molar-refractivity contribution in [1.29, 1.82) is 5.41 Å². The van der Waals surface area contributed by atoms with Crippen molar-refractivity contribution in [3.05, 3.63) is 35.4 Å². The number of nitrogens with one attached hydrogen (secondary N) is 1. The minimum Gasteiger partial charge on any atom is -0.507 e. The second-order valence-corrected chi connectivity index (χ2v) is 5.12. The molecule has 0 bridgehead atoms. The van der Waals surface area contributed by atoms with Gasteiger partial charge in [-0.05, 0) is 43.2 Å². The van der Waals surface area contributed by atoms with E-state index in [1.165, 1.54) is 0 Å². The third kappa shape index (κ3) is 5.30. The topological polar surface area (TPSA) is 172 Å². The quantitative estimate of drug-likeness (QED) is 0.231. The Morgan fingerprint density at radius 2 is 1.69 bits per heavy atom. The van der Waals surface area contributed by atoms with Gasteiger partial charge >= 0.3 is 0 Å². The number of aromatic hydroxyl groups is 1. The van der Waals surface area contributed by atoms with Crippen LogP contribution in [0.5, 0.6) is 5.75 Å². The molecule has 0 heterocycles. The van der Waals surface area contributed by atoms with Crippen LogP contribution in [0.4, 0.5) is 5.69 Å². The molecule has 0 amide bonds. The molecule has 0 aromatic heterocycles. The van der Waals surface area contributed by atoms with Gasteiger partial charge in [0.15, 0.2) is 0 Å². The van der Waals surface area contributed by atoms with Gasteiger partial charge in [0.05, 0.1) is 11.4 Å². The van der Waals surface area contributed by atoms with Gasteiger partial charge in [0, 0.05) is 10.8 Å². The molecule has 8 N–H and O–H groups in total. The van der Waals surface area contributed by atoms with Crippen LogP contribution in [0.1, 0.15) is 18.1 Å². The fourth-order valence-corrected chi connectivity index (χ4v) is 2.13. The normalized spacial score (nSPS) is 10.9. The first kappa shape index (κ1) is 23.1. The Morgan fingerprint density at radius 3 is 2.27 bits per heavy atom. The maximum absolute atomic E-state index is 10.2. The second kappa shape index (κ2) is 9.54. The lowest BCUT2D eigenvalue weighted by atomic mass is 10.00. The van der Waals surface area contributed by atoms with E-state index < -0.39 is 5.96 Å². The van der Waals surface area contributed by atoms with Gasteiger partial charge in [0.25, 0.3) is 0 Å². The van der Waals surface area contributed by atoms with Crippen molar-refractivity contribution in [2.75, 3.05) is 0 Å². The summed E-state index contributed by atoms with van der Waals surface area (Å²) in [6.07, 6.45) is 0. The van der Waals surface area contributed by atoms with Crippen molar-refractivity contribution in [2.45, 2.75) is 13.8 Å². The van der Waals surface area contributed by atoms with Gasteiger partial charge in [-0.15, -0.1) is 40.1 Å². The molecule has 2 aromatic rings. The zero-order chi connectivity index (χ0) is 17.9. The van der Waals surface area contributed by atoms with E-state index in [-0.39, 0.29) is 36.5 Å². The molecule has 140 valence electrons. The monoisotopic (exact) mass is 398 g/mol. The molecule has 0 saturated carbocycles. The molecule has 2 rings (SSSR count). The smallest absolute Gasteiger partial charge is 0.232 e. The fourth-order valence-electron chi connectivity index (χ4n) is 2.13. The molecular weight excluding hydrogens is 379 g/mol. The first-order chi connectivity index (χ1) is 11.3. The maximum Gasteiger partial charge on any atom is 0.232 e. The van der Waals surface area contributed by atoms with Crippen molar-refractivity contribution >= 4 is 58.9 Å². The number of fused-ring (bicyclic) bond motifs is 1. The predicted octanol–water partition coefficient (Wildman–Crippen LogP) is 2.67. The van der Waals surface area contributed by atoms with Crippen LogP contribution in [0.15, 0.2) is 44.7 Å². The average molecular weight is 399 g/mol. The largest absolute Gasteiger partial charge is 0.507 e. The van der Waals surface area contributed by atoms with E-state index in [0.717, 1.165) is 5.56 Å². The number of nitrogens with two attached hydrogens (primary N) is 3. The van der Waals surface area contributed by atoms with E-state index in [1.54, 1.807) is 38.1 Å². The van der Waals surface area contributed by atoms with Gasteiger partial charge in [-0.2, -0.15) is 5.10 Å². The van der Waals surface area contributed by atoms with Crippen molar-refractivity contribution in [2.24, 2.45) is 37.6 Å². The number of hydrogen-bond acceptors (Lipinski definition) is 5. The van der Waals surface area contributed by atoms with Crippen LogP contribution < -0.4 is 17.2 Å². The summed E-state index contributed by atoms with van der Waals surface area (Å²) < 4.78 is 0. The molecule has 0 fully saturated rings. The van der Waals surface area contributed by atoms with Crippen LogP contribution in [-0.2, 0) is 0 Å². The summed E-state index contributed by atoms with van der Waals surface area (Å²) in [4.78, 5) is 0. The molecule has 0 spiro atoms. The number of hydrogen-bond donors (Lipinski definition) is 5. The van der Waals surface area contributed by atoms with Crippen LogP contribution in [0.2, 0.25) is 0 Å². The first-order valence-electron chi connectivity index (χ1n) is 6.95. The Balaban J connectivity index is 0.00000312. The minimum absolute atomic E-state index is 0. The highest BCUT2D eigenvalue weighted by Gasteiger charge is 2.11. The lowest BCUT2D eigenvalue weighted by Gasteiger charge is -2.09. The standard InChI is InChI=1S/C15H18N8O.2ClH/c1-7-5-12(21-23-15(18)19)11-6-9(3-4-10(11)13(7)24)8(2)20-22-14(16)17;;/h3-6,24H,1-2H3,(H3,18,19)(H4,16,17,22);2*1H/b20-8+,23-21?;;. The lowest BCUT2D eigenvalue weighted by molar-refractivity contribution is 0.477. The lowest BCUT2D eigenvalue weighted by Crippen LogP contribution is -2.22. The van der Waals surface area contributed by atoms with Crippen molar-refractivity contribution in [1.82, 2.24) is 0 Å². The molecule has 0 radical (unpaired) electrons. The van der Waals surface area contributed by atoms with E-state index in [0.29, 0.717) is 27.7 Å². The molecule has 0 aliphatic rings. The minimum atomic E-state index is -0.407. The molecule has 2 aromatic carbocycles. The molecule has 11 heteroatoms. The summed E-state index contributed by atoms with van der Waals surface area (Å²) in [5.74, 6) is -0.396. The molecule has 0 atom stereocenters. The molecule has 0 saturated heterocycles. The van der Waals surface area contributed by atoms with E-state index in [1.807, 2.05) is 0 Å². The second-order valence-electron chi connectivity index (χ2n) is 5.12. The molecule has 0 aliphatic carbocycles. The van der Waals surface area contributed by atoms with Gasteiger partial charge in [-0.25, -0.2) is 0 Å². The Hall–Kier alpha value is -2.91. The van der Waals surface area contributed by atoms with E-state index in [9.17, 15) is 5.11 Å². The number of aryl methyl sites for hydroxylation is 1. The van der Waals surface area contributed by atoms with Crippen molar-refractivity contribution in [3.8, 4) is 5.75 Å². The molecular formula is C15H20Cl2N8O. The maximum atomic E-state index is 10.2. The highest BCUT2D eigenvalue weighted by molar-refractivity contribution is 6.06. The van der Waals surface area contributed by atoms with Gasteiger partial charge in [-0.3, -0.25) is 5.41 Å². The summed E-state index contributed by atoms with van der Waals surface area (Å²) in [6, 6.07) is 6.98. The van der Waals surface area contributed by atoms with E-state index in [4.69, 9.17) is 22.6 Å². The van der Waals surface area contributed by atoms with Crippen molar-refractivity contribution in [3.63, 3.8) is 0 Å². The number of guanidine groups is 2. The van der Waals surface area contributed by atoms with Crippen molar-refractivity contribution < 1.29 is 5.11 Å². The SMILES string of the molecule is C/C(=N\N=C(N)N)c1ccc2c(O)c(C)cc(N=NC(=N)N)c2c1.Cl.Cl. The number of halogens is 2. The summed E-state index contributed by atoms with van der Waals surface area (Å²) in [7, 11) is 0. The number of nitrogens with zero attached hydrogens (tertiary/aromatic N) is 4. The molecule has 26 heavy (non-hydrogen) atoms. The number of rotatable bonds is 3.